The third-order valence-electron chi connectivity index (χ3n) is 3.12. The highest BCUT2D eigenvalue weighted by atomic mass is 16.4. The third-order valence-corrected chi connectivity index (χ3v) is 3.12. The number of carboxylic acids is 2. The molecule has 0 unspecified atom stereocenters. The van der Waals surface area contributed by atoms with Crippen molar-refractivity contribution in [3.8, 4) is 0 Å². The predicted molar refractivity (Wildman–Crippen MR) is 82.9 cm³/mol. The van der Waals surface area contributed by atoms with E-state index in [9.17, 15) is 24.3 Å². The topological polar surface area (TPSA) is 179 Å². The lowest BCUT2D eigenvalue weighted by molar-refractivity contribution is -0.145. The minimum absolute atomic E-state index is 0.115. The Kier molecular flexibility index (Phi) is 8.93. The summed E-state index contributed by atoms with van der Waals surface area (Å²) in [5.74, 6) is -4.49. The Labute approximate surface area is 139 Å². The van der Waals surface area contributed by atoms with Crippen LogP contribution in [0.3, 0.4) is 0 Å². The van der Waals surface area contributed by atoms with Gasteiger partial charge in [0, 0.05) is 0 Å². The molecule has 0 fully saturated rings. The maximum atomic E-state index is 12.1. The molecule has 24 heavy (non-hydrogen) atoms. The summed E-state index contributed by atoms with van der Waals surface area (Å²) in [6, 6.07) is -4.06. The van der Waals surface area contributed by atoms with Crippen LogP contribution in [-0.4, -0.2) is 63.3 Å². The molecule has 0 aliphatic heterocycles. The Hall–Kier alpha value is -2.20. The number of carbonyl (C=O) groups excluding carboxylic acids is 2. The van der Waals surface area contributed by atoms with E-state index in [0.29, 0.717) is 6.42 Å². The molecule has 7 N–H and O–H groups in total. The molecule has 0 saturated heterocycles. The molecule has 0 spiro atoms. The second kappa shape index (κ2) is 9.83. The molecular weight excluding hydrogens is 322 g/mol. The van der Waals surface area contributed by atoms with Crippen molar-refractivity contribution >= 4 is 23.8 Å². The molecule has 138 valence electrons. The van der Waals surface area contributed by atoms with Crippen molar-refractivity contribution in [2.24, 2.45) is 11.7 Å². The van der Waals surface area contributed by atoms with E-state index in [-0.39, 0.29) is 5.92 Å². The predicted octanol–water partition coefficient (Wildman–Crippen LogP) is -1.73. The molecule has 10 nitrogen and oxygen atoms in total. The Morgan fingerprint density at radius 2 is 1.54 bits per heavy atom. The highest BCUT2D eigenvalue weighted by molar-refractivity contribution is 5.94. The van der Waals surface area contributed by atoms with Crippen LogP contribution in [-0.2, 0) is 19.2 Å². The van der Waals surface area contributed by atoms with Crippen molar-refractivity contribution in [2.75, 3.05) is 0 Å². The Balaban J connectivity index is 5.05. The normalized spacial score (nSPS) is 15.9. The highest BCUT2D eigenvalue weighted by Gasteiger charge is 2.31. The van der Waals surface area contributed by atoms with E-state index in [2.05, 4.69) is 5.32 Å². The number of amides is 2. The first-order valence-corrected chi connectivity index (χ1v) is 7.44. The van der Waals surface area contributed by atoms with Crippen molar-refractivity contribution in [1.29, 1.82) is 0 Å². The first kappa shape index (κ1) is 21.8. The van der Waals surface area contributed by atoms with E-state index >= 15 is 0 Å². The summed E-state index contributed by atoms with van der Waals surface area (Å²) in [6.45, 7) is 4.84. The largest absolute Gasteiger partial charge is 0.481 e. The molecule has 10 heteroatoms. The monoisotopic (exact) mass is 347 g/mol. The summed E-state index contributed by atoms with van der Waals surface area (Å²) in [5.41, 5.74) is 5.67. The van der Waals surface area contributed by atoms with E-state index in [1.165, 1.54) is 0 Å². The number of carboxylic acid groups (broad SMARTS) is 2. The summed E-state index contributed by atoms with van der Waals surface area (Å²) in [5, 5.41) is 31.3. The molecule has 0 aliphatic rings. The number of rotatable bonds is 10. The van der Waals surface area contributed by atoms with Crippen molar-refractivity contribution in [1.82, 2.24) is 10.6 Å². The van der Waals surface area contributed by atoms with Gasteiger partial charge in [-0.1, -0.05) is 13.8 Å². The third kappa shape index (κ3) is 7.88. The second-order valence-corrected chi connectivity index (χ2v) is 5.96. The van der Waals surface area contributed by atoms with E-state index in [4.69, 9.17) is 15.9 Å². The van der Waals surface area contributed by atoms with Crippen LogP contribution in [0.15, 0.2) is 0 Å². The van der Waals surface area contributed by atoms with E-state index < -0.39 is 54.4 Å². The van der Waals surface area contributed by atoms with Crippen LogP contribution in [0.2, 0.25) is 0 Å². The quantitative estimate of drug-likeness (QED) is 0.270. The number of nitrogens with one attached hydrogen (secondary N) is 2. The average molecular weight is 347 g/mol. The minimum Gasteiger partial charge on any atom is -0.481 e. The fourth-order valence-corrected chi connectivity index (χ4v) is 1.92. The molecule has 0 aromatic heterocycles. The van der Waals surface area contributed by atoms with Gasteiger partial charge in [-0.2, -0.15) is 0 Å². The van der Waals surface area contributed by atoms with Crippen molar-refractivity contribution in [3.05, 3.63) is 0 Å². The first-order valence-electron chi connectivity index (χ1n) is 7.44. The van der Waals surface area contributed by atoms with Crippen LogP contribution in [0.1, 0.15) is 33.6 Å². The maximum Gasteiger partial charge on any atom is 0.328 e. The lowest BCUT2D eigenvalue weighted by atomic mass is 10.0. The molecule has 0 saturated carbocycles. The van der Waals surface area contributed by atoms with Gasteiger partial charge in [0.2, 0.25) is 11.8 Å². The average Bonchev–Trinajstić information content (AvgIpc) is 2.41. The van der Waals surface area contributed by atoms with Gasteiger partial charge in [0.15, 0.2) is 6.04 Å². The molecule has 0 aromatic carbocycles. The van der Waals surface area contributed by atoms with Crippen LogP contribution < -0.4 is 16.4 Å². The van der Waals surface area contributed by atoms with Gasteiger partial charge in [0.05, 0.1) is 18.6 Å². The zero-order valence-corrected chi connectivity index (χ0v) is 13.9. The zero-order valence-electron chi connectivity index (χ0n) is 13.9. The molecule has 2 amide bonds. The van der Waals surface area contributed by atoms with Gasteiger partial charge in [-0.15, -0.1) is 0 Å². The second-order valence-electron chi connectivity index (χ2n) is 5.96. The maximum absolute atomic E-state index is 12.1. The molecule has 4 atom stereocenters. The summed E-state index contributed by atoms with van der Waals surface area (Å²) >= 11 is 0. The van der Waals surface area contributed by atoms with Gasteiger partial charge in [-0.05, 0) is 19.3 Å². The number of hydrogen-bond donors (Lipinski definition) is 6. The van der Waals surface area contributed by atoms with Crippen LogP contribution in [0.25, 0.3) is 0 Å². The van der Waals surface area contributed by atoms with Gasteiger partial charge in [0.25, 0.3) is 0 Å². The number of carbonyl (C=O) groups is 4. The van der Waals surface area contributed by atoms with Crippen molar-refractivity contribution in [3.63, 3.8) is 0 Å². The minimum atomic E-state index is -1.63. The molecule has 0 bridgehead atoms. The summed E-state index contributed by atoms with van der Waals surface area (Å²) in [6.07, 6.45) is -1.83. The number of aliphatic carboxylic acids is 2. The Bertz CT molecular complexity index is 479. The SMILES string of the molecule is CC(C)C[C@H](N)C(=O)N[C@@H](CC(=O)O)C(=O)N[C@H](C(=O)O)[C@@H](C)O. The Morgan fingerprint density at radius 1 is 1.00 bits per heavy atom. The molecule has 0 aliphatic carbocycles. The summed E-state index contributed by atoms with van der Waals surface area (Å²) < 4.78 is 0. The van der Waals surface area contributed by atoms with Gasteiger partial charge in [0.1, 0.15) is 6.04 Å². The summed E-state index contributed by atoms with van der Waals surface area (Å²) in [7, 11) is 0. The molecule has 0 heterocycles. The van der Waals surface area contributed by atoms with Gasteiger partial charge < -0.3 is 31.7 Å². The Morgan fingerprint density at radius 3 is 1.92 bits per heavy atom. The standard InChI is InChI=1S/C14H25N3O7/c1-6(2)4-8(15)12(21)16-9(5-10(19)20)13(22)17-11(7(3)18)14(23)24/h6-9,11,18H,4-5,15H2,1-3H3,(H,16,21)(H,17,22)(H,19,20)(H,23,24)/t7-,8+,9+,11+/m1/s1. The van der Waals surface area contributed by atoms with Crippen molar-refractivity contribution < 1.29 is 34.5 Å². The van der Waals surface area contributed by atoms with Gasteiger partial charge in [-0.25, -0.2) is 4.79 Å². The number of aliphatic hydroxyl groups is 1. The van der Waals surface area contributed by atoms with Crippen LogP contribution >= 0.6 is 0 Å². The summed E-state index contributed by atoms with van der Waals surface area (Å²) in [4.78, 5) is 45.9. The molecular formula is C14H25N3O7. The molecule has 0 aromatic rings. The fourth-order valence-electron chi connectivity index (χ4n) is 1.92. The lowest BCUT2D eigenvalue weighted by Gasteiger charge is -2.23. The smallest absolute Gasteiger partial charge is 0.328 e. The van der Waals surface area contributed by atoms with E-state index in [1.807, 2.05) is 19.2 Å². The van der Waals surface area contributed by atoms with Crippen molar-refractivity contribution in [2.45, 2.75) is 57.8 Å². The number of aliphatic hydroxyl groups excluding tert-OH is 1. The fraction of sp³-hybridized carbons (Fsp3) is 0.714. The number of hydrogen-bond acceptors (Lipinski definition) is 6. The molecule has 0 radical (unpaired) electrons. The zero-order chi connectivity index (χ0) is 19.0. The lowest BCUT2D eigenvalue weighted by Crippen LogP contribution is -2.57. The molecule has 0 rings (SSSR count). The van der Waals surface area contributed by atoms with Crippen LogP contribution in [0.4, 0.5) is 0 Å². The van der Waals surface area contributed by atoms with E-state index in [0.717, 1.165) is 6.92 Å². The van der Waals surface area contributed by atoms with Crippen LogP contribution in [0, 0.1) is 5.92 Å². The van der Waals surface area contributed by atoms with Crippen LogP contribution in [0.5, 0.6) is 0 Å². The highest BCUT2D eigenvalue weighted by Crippen LogP contribution is 2.04. The number of nitrogens with two attached hydrogens (primary N) is 1. The van der Waals surface area contributed by atoms with Gasteiger partial charge in [-0.3, -0.25) is 14.4 Å². The first-order chi connectivity index (χ1) is 11.0. The van der Waals surface area contributed by atoms with E-state index in [1.54, 1.807) is 0 Å². The van der Waals surface area contributed by atoms with Gasteiger partial charge >= 0.3 is 11.9 Å².